The number of rotatable bonds is 5. The Balaban J connectivity index is 1.84. The minimum absolute atomic E-state index is 0.0290. The summed E-state index contributed by atoms with van der Waals surface area (Å²) in [7, 11) is 1.54. The van der Waals surface area contributed by atoms with E-state index in [1.807, 2.05) is 30.3 Å². The third-order valence-electron chi connectivity index (χ3n) is 3.53. The average molecular weight is 357 g/mol. The largest absolute Gasteiger partial charge is 0.449 e. The first-order valence-electron chi connectivity index (χ1n) is 7.87. The lowest BCUT2D eigenvalue weighted by molar-refractivity contribution is -0.127. The summed E-state index contributed by atoms with van der Waals surface area (Å²) in [6.07, 6.45) is 0.217. The molecule has 0 aliphatic heterocycles. The summed E-state index contributed by atoms with van der Waals surface area (Å²) in [5, 5.41) is 4.62. The van der Waals surface area contributed by atoms with Gasteiger partial charge in [-0.05, 0) is 18.6 Å². The molecule has 2 N–H and O–H groups in total. The summed E-state index contributed by atoms with van der Waals surface area (Å²) in [4.78, 5) is 47.2. The van der Waals surface area contributed by atoms with Crippen molar-refractivity contribution in [1.29, 1.82) is 0 Å². The molecule has 8 heteroatoms. The Labute approximate surface area is 149 Å². The highest BCUT2D eigenvalue weighted by Crippen LogP contribution is 2.02. The van der Waals surface area contributed by atoms with E-state index in [4.69, 9.17) is 4.74 Å². The van der Waals surface area contributed by atoms with E-state index in [1.54, 1.807) is 7.05 Å². The fourth-order valence-electron chi connectivity index (χ4n) is 1.99. The molecule has 0 saturated heterocycles. The first kappa shape index (κ1) is 18.9. The van der Waals surface area contributed by atoms with Crippen molar-refractivity contribution in [2.45, 2.75) is 19.6 Å². The zero-order valence-electron chi connectivity index (χ0n) is 14.4. The maximum absolute atomic E-state index is 12.0. The molecule has 0 radical (unpaired) electrons. The predicted octanol–water partition coefficient (Wildman–Crippen LogP) is 0.957. The van der Waals surface area contributed by atoms with Crippen molar-refractivity contribution in [2.24, 2.45) is 7.05 Å². The van der Waals surface area contributed by atoms with Crippen LogP contribution in [0.2, 0.25) is 0 Å². The second-order valence-corrected chi connectivity index (χ2v) is 5.57. The number of hydrogen-bond acceptors (Lipinski definition) is 5. The lowest BCUT2D eigenvalue weighted by Gasteiger charge is -2.13. The van der Waals surface area contributed by atoms with Crippen LogP contribution >= 0.6 is 0 Å². The van der Waals surface area contributed by atoms with Gasteiger partial charge >= 0.3 is 12.0 Å². The highest BCUT2D eigenvalue weighted by Gasteiger charge is 2.21. The van der Waals surface area contributed by atoms with Crippen LogP contribution in [-0.2, 0) is 23.1 Å². The van der Waals surface area contributed by atoms with Crippen molar-refractivity contribution in [1.82, 2.24) is 15.2 Å². The molecule has 3 amide bonds. The molecule has 1 aromatic carbocycles. The van der Waals surface area contributed by atoms with E-state index in [0.717, 1.165) is 11.6 Å². The van der Waals surface area contributed by atoms with Gasteiger partial charge in [0.1, 0.15) is 0 Å². The molecule has 8 nitrogen and oxygen atoms in total. The van der Waals surface area contributed by atoms with Gasteiger partial charge in [0.25, 0.3) is 11.5 Å². The number of nitrogens with one attached hydrogen (secondary N) is 2. The average Bonchev–Trinajstić information content (AvgIpc) is 2.63. The molecule has 0 fully saturated rings. The third-order valence-corrected chi connectivity index (χ3v) is 3.53. The number of nitrogens with zero attached hydrogens (tertiary/aromatic N) is 1. The molecule has 0 saturated carbocycles. The Morgan fingerprint density at radius 1 is 1.15 bits per heavy atom. The van der Waals surface area contributed by atoms with E-state index in [-0.39, 0.29) is 17.7 Å². The van der Waals surface area contributed by atoms with Gasteiger partial charge in [-0.2, -0.15) is 0 Å². The summed E-state index contributed by atoms with van der Waals surface area (Å²) in [6, 6.07) is 11.0. The van der Waals surface area contributed by atoms with Crippen molar-refractivity contribution in [3.05, 3.63) is 70.1 Å². The van der Waals surface area contributed by atoms with Crippen LogP contribution in [0.3, 0.4) is 0 Å². The Morgan fingerprint density at radius 2 is 1.85 bits per heavy atom. The molecule has 1 atom stereocenters. The summed E-state index contributed by atoms with van der Waals surface area (Å²) < 4.78 is 6.27. The summed E-state index contributed by atoms with van der Waals surface area (Å²) in [5.74, 6) is -1.59. The van der Waals surface area contributed by atoms with E-state index in [0.29, 0.717) is 0 Å². The molecule has 1 aromatic heterocycles. The monoisotopic (exact) mass is 357 g/mol. The smallest absolute Gasteiger partial charge is 0.339 e. The molecular formula is C18H19N3O5. The van der Waals surface area contributed by atoms with Gasteiger partial charge in [0.15, 0.2) is 6.10 Å². The van der Waals surface area contributed by atoms with E-state index in [9.17, 15) is 19.2 Å². The molecular weight excluding hydrogens is 338 g/mol. The van der Waals surface area contributed by atoms with Gasteiger partial charge in [-0.3, -0.25) is 14.9 Å². The normalized spacial score (nSPS) is 11.3. The van der Waals surface area contributed by atoms with Crippen molar-refractivity contribution in [2.75, 3.05) is 0 Å². The minimum Gasteiger partial charge on any atom is -0.449 e. The van der Waals surface area contributed by atoms with E-state index >= 15 is 0 Å². The number of carbonyl (C=O) groups is 3. The number of benzene rings is 1. The van der Waals surface area contributed by atoms with Gasteiger partial charge in [-0.15, -0.1) is 0 Å². The molecule has 136 valence electrons. The van der Waals surface area contributed by atoms with Crippen molar-refractivity contribution < 1.29 is 19.1 Å². The van der Waals surface area contributed by atoms with Crippen LogP contribution < -0.4 is 16.2 Å². The van der Waals surface area contributed by atoms with Gasteiger partial charge in [0.2, 0.25) is 0 Å². The van der Waals surface area contributed by atoms with Crippen molar-refractivity contribution >= 4 is 17.9 Å². The lowest BCUT2D eigenvalue weighted by atomic mass is 10.2. The molecule has 0 spiro atoms. The number of amides is 3. The molecule has 0 aliphatic carbocycles. The van der Waals surface area contributed by atoms with Crippen LogP contribution in [-0.4, -0.2) is 28.6 Å². The van der Waals surface area contributed by atoms with Crippen LogP contribution in [0.5, 0.6) is 0 Å². The molecule has 1 heterocycles. The summed E-state index contributed by atoms with van der Waals surface area (Å²) >= 11 is 0. The zero-order chi connectivity index (χ0) is 19.1. The maximum Gasteiger partial charge on any atom is 0.339 e. The number of carbonyl (C=O) groups excluding carboxylic acids is 3. The maximum atomic E-state index is 12.0. The Morgan fingerprint density at radius 3 is 2.50 bits per heavy atom. The molecule has 0 aliphatic rings. The second-order valence-electron chi connectivity index (χ2n) is 5.57. The molecule has 2 rings (SSSR count). The number of pyridine rings is 1. The number of ether oxygens (including phenoxy) is 1. The highest BCUT2D eigenvalue weighted by atomic mass is 16.5. The Bertz CT molecular complexity index is 861. The third kappa shape index (κ3) is 5.30. The number of imide groups is 1. The number of esters is 1. The summed E-state index contributed by atoms with van der Waals surface area (Å²) in [6.45, 7) is 1.58. The highest BCUT2D eigenvalue weighted by molar-refractivity contribution is 5.98. The van der Waals surface area contributed by atoms with E-state index in [1.165, 1.54) is 23.8 Å². The quantitative estimate of drug-likeness (QED) is 0.775. The molecule has 2 aromatic rings. The van der Waals surface area contributed by atoms with E-state index < -0.39 is 24.0 Å². The van der Waals surface area contributed by atoms with Crippen molar-refractivity contribution in [3.63, 3.8) is 0 Å². The molecule has 1 unspecified atom stereocenters. The number of aryl methyl sites for hydroxylation is 1. The van der Waals surface area contributed by atoms with Gasteiger partial charge in [-0.1, -0.05) is 30.3 Å². The number of aromatic nitrogens is 1. The van der Waals surface area contributed by atoms with Crippen LogP contribution in [0.15, 0.2) is 53.5 Å². The Kier molecular flexibility index (Phi) is 6.26. The lowest BCUT2D eigenvalue weighted by Crippen LogP contribution is -2.44. The van der Waals surface area contributed by atoms with Gasteiger partial charge in [0, 0.05) is 25.9 Å². The molecule has 0 bridgehead atoms. The second kappa shape index (κ2) is 8.61. The zero-order valence-corrected chi connectivity index (χ0v) is 14.4. The Hall–Kier alpha value is -3.42. The van der Waals surface area contributed by atoms with Crippen LogP contribution in [0.4, 0.5) is 4.79 Å². The predicted molar refractivity (Wildman–Crippen MR) is 93.4 cm³/mol. The van der Waals surface area contributed by atoms with Crippen LogP contribution in [0.1, 0.15) is 22.8 Å². The fraction of sp³-hybridized carbons (Fsp3) is 0.222. The van der Waals surface area contributed by atoms with Crippen molar-refractivity contribution in [3.8, 4) is 0 Å². The van der Waals surface area contributed by atoms with Crippen LogP contribution in [0.25, 0.3) is 0 Å². The van der Waals surface area contributed by atoms with Gasteiger partial charge in [-0.25, -0.2) is 9.59 Å². The van der Waals surface area contributed by atoms with E-state index in [2.05, 4.69) is 10.6 Å². The number of urea groups is 1. The molecule has 26 heavy (non-hydrogen) atoms. The SMILES string of the molecule is CC(OC(=O)c1ccn(C)c(=O)c1)C(=O)NC(=O)NCc1ccccc1. The first-order valence-corrected chi connectivity index (χ1v) is 7.87. The minimum atomic E-state index is -1.20. The number of hydrogen-bond donors (Lipinski definition) is 2. The summed E-state index contributed by atoms with van der Waals surface area (Å²) in [5.41, 5.74) is 0.526. The fourth-order valence-corrected chi connectivity index (χ4v) is 1.99. The van der Waals surface area contributed by atoms with Gasteiger partial charge in [0.05, 0.1) is 5.56 Å². The standard InChI is InChI=1S/C18H19N3O5/c1-12(26-17(24)14-8-9-21(2)15(22)10-14)16(23)20-18(25)19-11-13-6-4-3-5-7-13/h3-10,12H,11H2,1-2H3,(H2,19,20,23,25). The van der Waals surface area contributed by atoms with Crippen LogP contribution in [0, 0.1) is 0 Å². The first-order chi connectivity index (χ1) is 12.4. The van der Waals surface area contributed by atoms with Gasteiger partial charge < -0.3 is 14.6 Å². The topological polar surface area (TPSA) is 106 Å².